The van der Waals surface area contributed by atoms with Gasteiger partial charge in [0, 0.05) is 5.56 Å². The van der Waals surface area contributed by atoms with E-state index in [4.69, 9.17) is 10.5 Å². The third-order valence-corrected chi connectivity index (χ3v) is 3.67. The second-order valence-electron chi connectivity index (χ2n) is 4.23. The topological polar surface area (TPSA) is 69.4 Å². The maximum absolute atomic E-state index is 10.9. The van der Waals surface area contributed by atoms with Gasteiger partial charge in [0.2, 0.25) is 0 Å². The van der Waals surface area contributed by atoms with E-state index in [0.29, 0.717) is 11.2 Å². The molecule has 4 nitrogen and oxygen atoms in total. The summed E-state index contributed by atoms with van der Waals surface area (Å²) in [5, 5.41) is 0. The van der Waals surface area contributed by atoms with Crippen molar-refractivity contribution >= 4 is 39.6 Å². The first kappa shape index (κ1) is 13.2. The van der Waals surface area contributed by atoms with Crippen LogP contribution in [0.3, 0.4) is 0 Å². The molecule has 0 aliphatic rings. The molecule has 0 unspecified atom stereocenters. The highest BCUT2D eigenvalue weighted by Gasteiger charge is 2.28. The van der Waals surface area contributed by atoms with Gasteiger partial charge in [0.15, 0.2) is 12.0 Å². The summed E-state index contributed by atoms with van der Waals surface area (Å²) in [6.07, 6.45) is -0.262. The Labute approximate surface area is 106 Å². The molecule has 0 saturated carbocycles. The van der Waals surface area contributed by atoms with Crippen LogP contribution in [-0.2, 0) is 5.41 Å². The number of nitrogens with two attached hydrogens (primary N) is 1. The van der Waals surface area contributed by atoms with Gasteiger partial charge in [-0.05, 0) is 21.3 Å². The van der Waals surface area contributed by atoms with E-state index < -0.39 is 6.09 Å². The van der Waals surface area contributed by atoms with Gasteiger partial charge in [-0.2, -0.15) is 0 Å². The Morgan fingerprint density at radius 1 is 1.50 bits per heavy atom. The fraction of sp³-hybridized carbons (Fsp3) is 0.400. The first-order chi connectivity index (χ1) is 7.27. The van der Waals surface area contributed by atoms with Crippen LogP contribution in [0.2, 0.25) is 0 Å². The van der Waals surface area contributed by atoms with Crippen LogP contribution in [0, 0.1) is 0 Å². The summed E-state index contributed by atoms with van der Waals surface area (Å²) >= 11 is 4.59. The van der Waals surface area contributed by atoms with Crippen molar-refractivity contribution in [2.75, 3.05) is 0 Å². The van der Waals surface area contributed by atoms with E-state index in [2.05, 4.69) is 15.9 Å². The normalized spacial score (nSPS) is 11.2. The molecule has 1 amide bonds. The van der Waals surface area contributed by atoms with Gasteiger partial charge in [0.1, 0.15) is 4.88 Å². The molecule has 0 aromatic carbocycles. The zero-order valence-electron chi connectivity index (χ0n) is 9.17. The summed E-state index contributed by atoms with van der Waals surface area (Å²) in [6, 6.07) is 0. The molecule has 1 aromatic rings. The number of rotatable bonds is 2. The molecular formula is C10H12BrNO3S. The standard InChI is InChI=1S/C10H12BrNO3S/c1-10(2,3)6-7(15-9(12)14)5(4-13)16-8(6)11/h4H,1-3H3,(H2,12,14). The van der Waals surface area contributed by atoms with Gasteiger partial charge in [-0.3, -0.25) is 4.79 Å². The lowest BCUT2D eigenvalue weighted by Crippen LogP contribution is -2.20. The minimum absolute atomic E-state index is 0.249. The second kappa shape index (κ2) is 4.55. The molecule has 0 fully saturated rings. The zero-order valence-corrected chi connectivity index (χ0v) is 11.6. The third kappa shape index (κ3) is 2.62. The molecule has 16 heavy (non-hydrogen) atoms. The Bertz CT molecular complexity index is 434. The average molecular weight is 306 g/mol. The van der Waals surface area contributed by atoms with Gasteiger partial charge in [-0.1, -0.05) is 20.8 Å². The van der Waals surface area contributed by atoms with E-state index in [9.17, 15) is 9.59 Å². The van der Waals surface area contributed by atoms with E-state index in [0.717, 1.165) is 9.35 Å². The van der Waals surface area contributed by atoms with Crippen molar-refractivity contribution in [2.45, 2.75) is 26.2 Å². The van der Waals surface area contributed by atoms with Crippen molar-refractivity contribution in [2.24, 2.45) is 5.73 Å². The van der Waals surface area contributed by atoms with Crippen LogP contribution < -0.4 is 10.5 Å². The summed E-state index contributed by atoms with van der Waals surface area (Å²) in [5.74, 6) is 0.256. The van der Waals surface area contributed by atoms with Crippen LogP contribution in [0.5, 0.6) is 5.75 Å². The summed E-state index contributed by atoms with van der Waals surface area (Å²) < 4.78 is 5.68. The van der Waals surface area contributed by atoms with Crippen LogP contribution in [0.1, 0.15) is 36.0 Å². The van der Waals surface area contributed by atoms with Crippen molar-refractivity contribution in [1.29, 1.82) is 0 Å². The van der Waals surface area contributed by atoms with E-state index in [1.807, 2.05) is 20.8 Å². The molecule has 6 heteroatoms. The SMILES string of the molecule is CC(C)(C)c1c(Br)sc(C=O)c1OC(N)=O. The molecule has 1 rings (SSSR count). The molecule has 88 valence electrons. The monoisotopic (exact) mass is 305 g/mol. The highest BCUT2D eigenvalue weighted by molar-refractivity contribution is 9.11. The number of ether oxygens (including phenoxy) is 1. The Morgan fingerprint density at radius 3 is 2.44 bits per heavy atom. The zero-order chi connectivity index (χ0) is 12.5. The number of halogens is 1. The highest BCUT2D eigenvalue weighted by atomic mass is 79.9. The smallest absolute Gasteiger partial charge is 0.408 e. The molecule has 0 radical (unpaired) electrons. The number of primary amides is 1. The summed E-state index contributed by atoms with van der Waals surface area (Å²) in [7, 11) is 0. The van der Waals surface area contributed by atoms with Gasteiger partial charge >= 0.3 is 6.09 Å². The fourth-order valence-corrected chi connectivity index (χ4v) is 3.60. The maximum atomic E-state index is 10.9. The molecule has 2 N–H and O–H groups in total. The summed E-state index contributed by atoms with van der Waals surface area (Å²) in [6.45, 7) is 5.88. The van der Waals surface area contributed by atoms with Crippen LogP contribution in [0.15, 0.2) is 3.79 Å². The summed E-state index contributed by atoms with van der Waals surface area (Å²) in [5.41, 5.74) is 5.51. The predicted molar refractivity (Wildman–Crippen MR) is 66.3 cm³/mol. The number of carbonyl (C=O) groups is 2. The Hall–Kier alpha value is -0.880. The quantitative estimate of drug-likeness (QED) is 0.854. The Balaban J connectivity index is 3.40. The fourth-order valence-electron chi connectivity index (χ4n) is 1.32. The first-order valence-corrected chi connectivity index (χ1v) is 6.13. The highest BCUT2D eigenvalue weighted by Crippen LogP contribution is 2.44. The van der Waals surface area contributed by atoms with Crippen LogP contribution in [0.25, 0.3) is 0 Å². The van der Waals surface area contributed by atoms with Gasteiger partial charge in [0.05, 0.1) is 3.79 Å². The molecule has 0 atom stereocenters. The van der Waals surface area contributed by atoms with Crippen LogP contribution in [0.4, 0.5) is 4.79 Å². The lowest BCUT2D eigenvalue weighted by molar-refractivity contribution is 0.112. The molecule has 0 aliphatic heterocycles. The van der Waals surface area contributed by atoms with E-state index in [-0.39, 0.29) is 11.2 Å². The van der Waals surface area contributed by atoms with Crippen molar-refractivity contribution in [3.63, 3.8) is 0 Å². The van der Waals surface area contributed by atoms with Crippen molar-refractivity contribution in [1.82, 2.24) is 0 Å². The number of hydrogen-bond acceptors (Lipinski definition) is 4. The van der Waals surface area contributed by atoms with Crippen molar-refractivity contribution < 1.29 is 14.3 Å². The molecule has 1 aromatic heterocycles. The van der Waals surface area contributed by atoms with Crippen molar-refractivity contribution in [3.8, 4) is 5.75 Å². The van der Waals surface area contributed by atoms with Gasteiger partial charge in [0.25, 0.3) is 0 Å². The molecular weight excluding hydrogens is 294 g/mol. The lowest BCUT2D eigenvalue weighted by Gasteiger charge is -2.19. The van der Waals surface area contributed by atoms with E-state index in [1.54, 1.807) is 0 Å². The van der Waals surface area contributed by atoms with E-state index in [1.165, 1.54) is 11.3 Å². The number of hydrogen-bond donors (Lipinski definition) is 1. The molecule has 1 heterocycles. The average Bonchev–Trinajstić information content (AvgIpc) is 2.39. The number of aldehydes is 1. The Morgan fingerprint density at radius 2 is 2.06 bits per heavy atom. The maximum Gasteiger partial charge on any atom is 0.410 e. The van der Waals surface area contributed by atoms with Crippen LogP contribution >= 0.6 is 27.3 Å². The third-order valence-electron chi connectivity index (χ3n) is 1.91. The molecule has 0 saturated heterocycles. The van der Waals surface area contributed by atoms with Gasteiger partial charge < -0.3 is 10.5 Å². The van der Waals surface area contributed by atoms with Crippen molar-refractivity contribution in [3.05, 3.63) is 14.2 Å². The van der Waals surface area contributed by atoms with Gasteiger partial charge in [-0.15, -0.1) is 11.3 Å². The van der Waals surface area contributed by atoms with Gasteiger partial charge in [-0.25, -0.2) is 4.79 Å². The van der Waals surface area contributed by atoms with E-state index >= 15 is 0 Å². The molecule has 0 aliphatic carbocycles. The minimum atomic E-state index is -0.918. The van der Waals surface area contributed by atoms with Crippen LogP contribution in [-0.4, -0.2) is 12.4 Å². The second-order valence-corrected chi connectivity index (χ2v) is 6.60. The minimum Gasteiger partial charge on any atom is -0.408 e. The Kier molecular flexibility index (Phi) is 3.75. The predicted octanol–water partition coefficient (Wildman–Crippen LogP) is 3.08. The number of thiophene rings is 1. The first-order valence-electron chi connectivity index (χ1n) is 4.52. The molecule has 0 spiro atoms. The summed E-state index contributed by atoms with van der Waals surface area (Å²) in [4.78, 5) is 22.0. The molecule has 0 bridgehead atoms. The number of carbonyl (C=O) groups excluding carboxylic acids is 2. The number of amides is 1. The lowest BCUT2D eigenvalue weighted by atomic mass is 9.88. The largest absolute Gasteiger partial charge is 0.410 e.